The molecule has 62 heavy (non-hydrogen) atoms. The fraction of sp³-hybridized carbons (Fsp3) is 0. The molecule has 0 spiro atoms. The lowest BCUT2D eigenvalue weighted by atomic mass is 9.98. The second kappa shape index (κ2) is 14.7. The van der Waals surface area contributed by atoms with Gasteiger partial charge in [0.25, 0.3) is 0 Å². The normalized spacial score (nSPS) is 11.5. The highest BCUT2D eigenvalue weighted by Crippen LogP contribution is 2.41. The lowest BCUT2D eigenvalue weighted by Gasteiger charge is -2.15. The fourth-order valence-electron chi connectivity index (χ4n) is 9.17. The second-order valence-corrected chi connectivity index (χ2v) is 15.8. The van der Waals surface area contributed by atoms with E-state index in [1.807, 2.05) is 12.1 Å². The van der Waals surface area contributed by atoms with Crippen LogP contribution >= 0.6 is 0 Å². The lowest BCUT2D eigenvalue weighted by molar-refractivity contribution is 1.05. The Labute approximate surface area is 359 Å². The fourth-order valence-corrected chi connectivity index (χ4v) is 9.17. The van der Waals surface area contributed by atoms with Gasteiger partial charge in [-0.2, -0.15) is 0 Å². The zero-order valence-electron chi connectivity index (χ0n) is 33.7. The molecule has 0 atom stereocenters. The Balaban J connectivity index is 1.12. The molecule has 0 amide bonds. The van der Waals surface area contributed by atoms with Gasteiger partial charge in [-0.3, -0.25) is 4.57 Å². The number of rotatable bonds is 7. The first kappa shape index (κ1) is 35.6. The summed E-state index contributed by atoms with van der Waals surface area (Å²) >= 11 is 0. The van der Waals surface area contributed by atoms with E-state index in [4.69, 9.17) is 9.97 Å². The molecule has 0 saturated carbocycles. The lowest BCUT2D eigenvalue weighted by Crippen LogP contribution is -2.03. The summed E-state index contributed by atoms with van der Waals surface area (Å²) in [6.45, 7) is 0. The Morgan fingerprint density at radius 2 is 0.694 bits per heavy atom. The van der Waals surface area contributed by atoms with Crippen LogP contribution in [-0.2, 0) is 0 Å². The summed E-state index contributed by atoms with van der Waals surface area (Å²) < 4.78 is 4.78. The molecule has 3 heterocycles. The Kier molecular flexibility index (Phi) is 8.46. The molecule has 0 aliphatic heterocycles. The van der Waals surface area contributed by atoms with Gasteiger partial charge < -0.3 is 4.57 Å². The van der Waals surface area contributed by atoms with Crippen LogP contribution in [0.15, 0.2) is 231 Å². The van der Waals surface area contributed by atoms with Gasteiger partial charge in [0, 0.05) is 44.4 Å². The maximum absolute atomic E-state index is 5.41. The summed E-state index contributed by atoms with van der Waals surface area (Å²) in [5.41, 5.74) is 15.4. The zero-order valence-corrected chi connectivity index (χ0v) is 33.7. The van der Waals surface area contributed by atoms with Crippen LogP contribution in [-0.4, -0.2) is 19.1 Å². The molecule has 4 heteroatoms. The third kappa shape index (κ3) is 6.08. The smallest absolute Gasteiger partial charge is 0.162 e. The molecular formula is C58H38N4. The van der Waals surface area contributed by atoms with Gasteiger partial charge in [-0.05, 0) is 75.8 Å². The summed E-state index contributed by atoms with van der Waals surface area (Å²) in [6, 6.07) is 82.2. The molecule has 12 aromatic rings. The molecule has 0 radical (unpaired) electrons. The summed E-state index contributed by atoms with van der Waals surface area (Å²) in [5.74, 6) is 1.49. The van der Waals surface area contributed by atoms with Crippen molar-refractivity contribution in [2.24, 2.45) is 0 Å². The first-order chi connectivity index (χ1) is 30.7. The minimum absolute atomic E-state index is 0.674. The molecule has 3 aromatic heterocycles. The number of fused-ring (bicyclic) bond motifs is 6. The Morgan fingerprint density at radius 3 is 1.26 bits per heavy atom. The monoisotopic (exact) mass is 790 g/mol. The summed E-state index contributed by atoms with van der Waals surface area (Å²) in [4.78, 5) is 10.6. The van der Waals surface area contributed by atoms with E-state index in [0.717, 1.165) is 56.0 Å². The number of nitrogens with zero attached hydrogens (tertiary/aromatic N) is 4. The molecule has 0 aliphatic carbocycles. The molecule has 0 fully saturated rings. The van der Waals surface area contributed by atoms with Crippen LogP contribution in [0.5, 0.6) is 0 Å². The van der Waals surface area contributed by atoms with Crippen molar-refractivity contribution in [3.05, 3.63) is 231 Å². The van der Waals surface area contributed by atoms with Crippen LogP contribution in [0.25, 0.3) is 111 Å². The van der Waals surface area contributed by atoms with Crippen molar-refractivity contribution in [3.63, 3.8) is 0 Å². The van der Waals surface area contributed by atoms with E-state index in [-0.39, 0.29) is 0 Å². The molecule has 0 N–H and O–H groups in total. The Bertz CT molecular complexity index is 3530. The predicted molar refractivity (Wildman–Crippen MR) is 258 cm³/mol. The number of para-hydroxylation sites is 2. The van der Waals surface area contributed by atoms with Gasteiger partial charge in [-0.1, -0.05) is 182 Å². The quantitative estimate of drug-likeness (QED) is 0.161. The molecule has 9 aromatic carbocycles. The predicted octanol–water partition coefficient (Wildman–Crippen LogP) is 15.0. The minimum atomic E-state index is 0.674. The Morgan fingerprint density at radius 1 is 0.258 bits per heavy atom. The number of hydrogen-bond donors (Lipinski definition) is 0. The molecule has 12 rings (SSSR count). The van der Waals surface area contributed by atoms with Crippen LogP contribution in [0.2, 0.25) is 0 Å². The van der Waals surface area contributed by atoms with E-state index in [9.17, 15) is 0 Å². The maximum atomic E-state index is 5.41. The van der Waals surface area contributed by atoms with Crippen LogP contribution in [0, 0.1) is 0 Å². The highest BCUT2D eigenvalue weighted by atomic mass is 15.1. The standard InChI is InChI=1S/C58H38N4/c1-5-17-39(18-6-1)42-29-31-44(32-30-42)58-59-52(43-23-11-4-12-24-43)37-57(60-58)62-54-28-16-14-26-49(54)51-36-50-48-25-13-15-27-53(48)61(55(50)38-56(51)62)47-34-45(40-19-7-2-8-20-40)33-46(35-47)41-21-9-3-10-22-41/h1-38H. The molecule has 4 nitrogen and oxygen atoms in total. The number of hydrogen-bond acceptors (Lipinski definition) is 2. The molecule has 0 aliphatic rings. The largest absolute Gasteiger partial charge is 0.309 e. The molecule has 0 saturated heterocycles. The van der Waals surface area contributed by atoms with Crippen LogP contribution in [0.1, 0.15) is 0 Å². The van der Waals surface area contributed by atoms with E-state index in [1.54, 1.807) is 0 Å². The number of aromatic nitrogens is 4. The maximum Gasteiger partial charge on any atom is 0.162 e. The highest BCUT2D eigenvalue weighted by Gasteiger charge is 2.21. The van der Waals surface area contributed by atoms with Gasteiger partial charge in [0.2, 0.25) is 0 Å². The minimum Gasteiger partial charge on any atom is -0.309 e. The third-order valence-corrected chi connectivity index (χ3v) is 12.1. The van der Waals surface area contributed by atoms with Crippen molar-refractivity contribution >= 4 is 43.6 Å². The average Bonchev–Trinajstić information content (AvgIpc) is 3.86. The molecular weight excluding hydrogens is 753 g/mol. The topological polar surface area (TPSA) is 35.6 Å². The summed E-state index contributed by atoms with van der Waals surface area (Å²) in [7, 11) is 0. The van der Waals surface area contributed by atoms with Crippen molar-refractivity contribution < 1.29 is 0 Å². The first-order valence-electron chi connectivity index (χ1n) is 21.1. The summed E-state index contributed by atoms with van der Waals surface area (Å²) in [6.07, 6.45) is 0. The van der Waals surface area contributed by atoms with Crippen molar-refractivity contribution in [1.29, 1.82) is 0 Å². The summed E-state index contributed by atoms with van der Waals surface area (Å²) in [5, 5.41) is 4.76. The van der Waals surface area contributed by atoms with Crippen molar-refractivity contribution in [2.75, 3.05) is 0 Å². The highest BCUT2D eigenvalue weighted by molar-refractivity contribution is 6.19. The van der Waals surface area contributed by atoms with Gasteiger partial charge in [-0.25, -0.2) is 9.97 Å². The van der Waals surface area contributed by atoms with Gasteiger partial charge in [0.1, 0.15) is 5.82 Å². The van der Waals surface area contributed by atoms with E-state index in [0.29, 0.717) is 5.82 Å². The molecule has 0 unspecified atom stereocenters. The first-order valence-corrected chi connectivity index (χ1v) is 21.1. The van der Waals surface area contributed by atoms with E-state index in [2.05, 4.69) is 228 Å². The van der Waals surface area contributed by atoms with Gasteiger partial charge >= 0.3 is 0 Å². The van der Waals surface area contributed by atoms with Crippen LogP contribution < -0.4 is 0 Å². The zero-order chi connectivity index (χ0) is 41.0. The average molecular weight is 791 g/mol. The van der Waals surface area contributed by atoms with Gasteiger partial charge in [-0.15, -0.1) is 0 Å². The second-order valence-electron chi connectivity index (χ2n) is 15.8. The van der Waals surface area contributed by atoms with Crippen LogP contribution in [0.4, 0.5) is 0 Å². The van der Waals surface area contributed by atoms with E-state index in [1.165, 1.54) is 49.4 Å². The van der Waals surface area contributed by atoms with Crippen molar-refractivity contribution in [3.8, 4) is 67.5 Å². The van der Waals surface area contributed by atoms with Crippen molar-refractivity contribution in [2.45, 2.75) is 0 Å². The van der Waals surface area contributed by atoms with E-state index >= 15 is 0 Å². The molecule has 0 bridgehead atoms. The van der Waals surface area contributed by atoms with Gasteiger partial charge in [0.15, 0.2) is 5.82 Å². The molecule has 290 valence electrons. The number of benzene rings is 9. The van der Waals surface area contributed by atoms with Crippen molar-refractivity contribution in [1.82, 2.24) is 19.1 Å². The van der Waals surface area contributed by atoms with Crippen LogP contribution in [0.3, 0.4) is 0 Å². The van der Waals surface area contributed by atoms with E-state index < -0.39 is 0 Å². The SMILES string of the molecule is c1ccc(-c2ccc(-c3nc(-c4ccccc4)cc(-n4c5ccccc5c5cc6c7ccccc7n(-c7cc(-c8ccccc8)cc(-c8ccccc8)c7)c6cc54)n3)cc2)cc1. The van der Waals surface area contributed by atoms with Gasteiger partial charge in [0.05, 0.1) is 27.8 Å². The Hall–Kier alpha value is -8.34. The third-order valence-electron chi connectivity index (χ3n) is 12.1.